The fraction of sp³-hybridized carbons (Fsp3) is 0.647. The van der Waals surface area contributed by atoms with E-state index in [1.807, 2.05) is 6.92 Å². The molecule has 0 aromatic carbocycles. The van der Waals surface area contributed by atoms with Crippen LogP contribution in [0.15, 0.2) is 12.3 Å². The first kappa shape index (κ1) is 16.6. The first-order chi connectivity index (χ1) is 11.9. The molecule has 1 aromatic rings. The van der Waals surface area contributed by atoms with Crippen molar-refractivity contribution in [3.63, 3.8) is 0 Å². The van der Waals surface area contributed by atoms with Crippen LogP contribution in [-0.2, 0) is 14.6 Å². The zero-order valence-corrected chi connectivity index (χ0v) is 15.1. The molecular weight excluding hydrogens is 342 g/mol. The van der Waals surface area contributed by atoms with Gasteiger partial charge in [0.2, 0.25) is 5.91 Å². The Morgan fingerprint density at radius 1 is 1.12 bits per heavy atom. The van der Waals surface area contributed by atoms with Crippen LogP contribution < -0.4 is 0 Å². The summed E-state index contributed by atoms with van der Waals surface area (Å²) >= 11 is 0. The van der Waals surface area contributed by atoms with Gasteiger partial charge in [0.15, 0.2) is 9.84 Å². The largest absolute Gasteiger partial charge is 0.357 e. The number of carbonyl (C=O) groups is 2. The van der Waals surface area contributed by atoms with E-state index in [4.69, 9.17) is 0 Å². The number of aryl methyl sites for hydroxylation is 1. The lowest BCUT2D eigenvalue weighted by Gasteiger charge is -2.45. The van der Waals surface area contributed by atoms with Gasteiger partial charge in [-0.2, -0.15) is 0 Å². The summed E-state index contributed by atoms with van der Waals surface area (Å²) in [6, 6.07) is 0.915. The fourth-order valence-corrected chi connectivity index (χ4v) is 6.13. The molecule has 136 valence electrons. The zero-order valence-electron chi connectivity index (χ0n) is 14.3. The third-order valence-corrected chi connectivity index (χ3v) is 7.43. The quantitative estimate of drug-likeness (QED) is 0.830. The molecule has 0 spiro atoms. The van der Waals surface area contributed by atoms with Crippen LogP contribution >= 0.6 is 0 Å². The topological polar surface area (TPSA) is 90.6 Å². The van der Waals surface area contributed by atoms with E-state index in [9.17, 15) is 18.0 Å². The van der Waals surface area contributed by atoms with Gasteiger partial charge in [-0.25, -0.2) is 8.42 Å². The second-order valence-corrected chi connectivity index (χ2v) is 9.61. The van der Waals surface area contributed by atoms with Crippen molar-refractivity contribution in [3.05, 3.63) is 23.5 Å². The van der Waals surface area contributed by atoms with Crippen molar-refractivity contribution >= 4 is 21.7 Å². The summed E-state index contributed by atoms with van der Waals surface area (Å²) in [5, 5.41) is 0. The summed E-state index contributed by atoms with van der Waals surface area (Å²) in [4.78, 5) is 31.9. The highest BCUT2D eigenvalue weighted by Gasteiger charge is 2.50. The van der Waals surface area contributed by atoms with Crippen molar-refractivity contribution in [3.8, 4) is 0 Å². The standard InChI is InChI=1S/C17H23N3O4S/c1-11-7-13(18-8-11)17(22)20-6-5-19(16(21)12-3-2-4-12)14-9-25(23,24)10-15(14)20/h7-8,12,14-15,18H,2-6,9-10H2,1H3/t14-,15+/m1/s1. The average Bonchev–Trinajstić information content (AvgIpc) is 3.05. The number of carbonyl (C=O) groups excluding carboxylic acids is 2. The lowest BCUT2D eigenvalue weighted by Crippen LogP contribution is -2.63. The second-order valence-electron chi connectivity index (χ2n) is 7.46. The van der Waals surface area contributed by atoms with Gasteiger partial charge in [0.05, 0.1) is 23.6 Å². The summed E-state index contributed by atoms with van der Waals surface area (Å²) in [5.41, 5.74) is 1.43. The van der Waals surface area contributed by atoms with Crippen LogP contribution in [0.3, 0.4) is 0 Å². The molecule has 1 N–H and O–H groups in total. The highest BCUT2D eigenvalue weighted by molar-refractivity contribution is 7.91. The molecule has 25 heavy (non-hydrogen) atoms. The molecule has 2 saturated heterocycles. The van der Waals surface area contributed by atoms with Gasteiger partial charge < -0.3 is 14.8 Å². The number of rotatable bonds is 2. The second kappa shape index (κ2) is 5.86. The van der Waals surface area contributed by atoms with Crippen molar-refractivity contribution in [1.29, 1.82) is 0 Å². The van der Waals surface area contributed by atoms with Crippen LogP contribution in [0.2, 0.25) is 0 Å². The summed E-state index contributed by atoms with van der Waals surface area (Å²) in [6.45, 7) is 2.69. The van der Waals surface area contributed by atoms with Crippen LogP contribution in [0, 0.1) is 12.8 Å². The summed E-state index contributed by atoms with van der Waals surface area (Å²) in [5.74, 6) is -0.171. The molecule has 3 aliphatic rings. The van der Waals surface area contributed by atoms with Crippen molar-refractivity contribution in [2.24, 2.45) is 5.92 Å². The lowest BCUT2D eigenvalue weighted by molar-refractivity contribution is -0.143. The number of amides is 2. The minimum Gasteiger partial charge on any atom is -0.357 e. The van der Waals surface area contributed by atoms with E-state index in [0.717, 1.165) is 24.8 Å². The Balaban J connectivity index is 1.60. The molecule has 1 aliphatic carbocycles. The van der Waals surface area contributed by atoms with Crippen LogP contribution in [0.25, 0.3) is 0 Å². The Hall–Kier alpha value is -1.83. The molecule has 8 heteroatoms. The van der Waals surface area contributed by atoms with Gasteiger partial charge in [0.25, 0.3) is 5.91 Å². The Morgan fingerprint density at radius 2 is 1.76 bits per heavy atom. The maximum atomic E-state index is 12.8. The smallest absolute Gasteiger partial charge is 0.270 e. The van der Waals surface area contributed by atoms with E-state index in [0.29, 0.717) is 18.8 Å². The van der Waals surface area contributed by atoms with Gasteiger partial charge in [0.1, 0.15) is 5.69 Å². The third kappa shape index (κ3) is 2.86. The first-order valence-corrected chi connectivity index (χ1v) is 10.6. The molecule has 1 aromatic heterocycles. The molecule has 0 radical (unpaired) electrons. The minimum absolute atomic E-state index is 0.0380. The molecule has 0 unspecified atom stereocenters. The highest BCUT2D eigenvalue weighted by atomic mass is 32.2. The lowest BCUT2D eigenvalue weighted by atomic mass is 9.83. The molecule has 2 amide bonds. The monoisotopic (exact) mass is 365 g/mol. The van der Waals surface area contributed by atoms with Crippen molar-refractivity contribution in [1.82, 2.24) is 14.8 Å². The van der Waals surface area contributed by atoms with Crippen LogP contribution in [-0.4, -0.2) is 71.7 Å². The maximum absolute atomic E-state index is 12.8. The third-order valence-electron chi connectivity index (χ3n) is 5.73. The van der Waals surface area contributed by atoms with Gasteiger partial charge >= 0.3 is 0 Å². The number of nitrogens with one attached hydrogen (secondary N) is 1. The molecule has 3 fully saturated rings. The number of H-pyrrole nitrogens is 1. The molecule has 4 rings (SSSR count). The maximum Gasteiger partial charge on any atom is 0.270 e. The van der Waals surface area contributed by atoms with E-state index in [-0.39, 0.29) is 29.2 Å². The number of hydrogen-bond acceptors (Lipinski definition) is 4. The fourth-order valence-electron chi connectivity index (χ4n) is 4.15. The predicted octanol–water partition coefficient (Wildman–Crippen LogP) is 0.573. The number of fused-ring (bicyclic) bond motifs is 1. The molecule has 2 aliphatic heterocycles. The first-order valence-electron chi connectivity index (χ1n) is 8.82. The minimum atomic E-state index is -3.25. The van der Waals surface area contributed by atoms with Gasteiger partial charge in [-0.1, -0.05) is 6.42 Å². The normalized spacial score (nSPS) is 28.5. The number of piperazine rings is 1. The SMILES string of the molecule is Cc1c[nH]c(C(=O)N2CCN(C(=O)C3CCC3)[C@@H]3CS(=O)(=O)C[C@@H]32)c1. The van der Waals surface area contributed by atoms with Crippen LogP contribution in [0.5, 0.6) is 0 Å². The number of nitrogens with zero attached hydrogens (tertiary/aromatic N) is 2. The van der Waals surface area contributed by atoms with Crippen molar-refractivity contribution < 1.29 is 18.0 Å². The molecule has 3 heterocycles. The van der Waals surface area contributed by atoms with Crippen LogP contribution in [0.1, 0.15) is 35.3 Å². The molecule has 1 saturated carbocycles. The van der Waals surface area contributed by atoms with E-state index in [1.165, 1.54) is 0 Å². The van der Waals surface area contributed by atoms with E-state index in [1.54, 1.807) is 22.1 Å². The summed E-state index contributed by atoms with van der Waals surface area (Å²) < 4.78 is 24.5. The molecule has 0 bridgehead atoms. The average molecular weight is 365 g/mol. The van der Waals surface area contributed by atoms with Crippen LogP contribution in [0.4, 0.5) is 0 Å². The van der Waals surface area contributed by atoms with E-state index < -0.39 is 21.9 Å². The molecule has 2 atom stereocenters. The van der Waals surface area contributed by atoms with Crippen molar-refractivity contribution in [2.45, 2.75) is 38.3 Å². The zero-order chi connectivity index (χ0) is 17.8. The highest BCUT2D eigenvalue weighted by Crippen LogP contribution is 2.33. The number of aromatic nitrogens is 1. The molecule has 7 nitrogen and oxygen atoms in total. The van der Waals surface area contributed by atoms with E-state index in [2.05, 4.69) is 4.98 Å². The Bertz CT molecular complexity index is 812. The Morgan fingerprint density at radius 3 is 2.32 bits per heavy atom. The van der Waals surface area contributed by atoms with Gasteiger partial charge in [-0.15, -0.1) is 0 Å². The van der Waals surface area contributed by atoms with E-state index >= 15 is 0 Å². The Labute approximate surface area is 147 Å². The van der Waals surface area contributed by atoms with Gasteiger partial charge in [0, 0.05) is 25.2 Å². The van der Waals surface area contributed by atoms with Crippen molar-refractivity contribution in [2.75, 3.05) is 24.6 Å². The summed E-state index contributed by atoms with van der Waals surface area (Å²) in [6.07, 6.45) is 4.60. The predicted molar refractivity (Wildman–Crippen MR) is 91.9 cm³/mol. The Kier molecular flexibility index (Phi) is 3.90. The number of aromatic amines is 1. The van der Waals surface area contributed by atoms with Gasteiger partial charge in [-0.05, 0) is 31.4 Å². The summed E-state index contributed by atoms with van der Waals surface area (Å²) in [7, 11) is -3.25. The van der Waals surface area contributed by atoms with Gasteiger partial charge in [-0.3, -0.25) is 9.59 Å². The number of sulfone groups is 1. The molecular formula is C17H23N3O4S. The number of hydrogen-bond donors (Lipinski definition) is 1.